The topological polar surface area (TPSA) is 76.1 Å². The number of para-hydroxylation sites is 2. The molecule has 0 unspecified atom stereocenters. The minimum atomic E-state index is -0.324. The molecule has 2 aromatic carbocycles. The Hall–Kier alpha value is -3.41. The molecule has 0 fully saturated rings. The third kappa shape index (κ3) is 4.32. The van der Waals surface area contributed by atoms with Crippen molar-refractivity contribution in [3.8, 4) is 5.75 Å². The van der Waals surface area contributed by atoms with Gasteiger partial charge in [-0.1, -0.05) is 42.5 Å². The largest absolute Gasteiger partial charge is 0.495 e. The molecule has 6 heteroatoms. The summed E-state index contributed by atoms with van der Waals surface area (Å²) in [5.74, 6) is 0.853. The zero-order chi connectivity index (χ0) is 17.5. The molecule has 25 heavy (non-hydrogen) atoms. The summed E-state index contributed by atoms with van der Waals surface area (Å²) in [6.07, 6.45) is 1.37. The molecule has 0 aliphatic carbocycles. The van der Waals surface area contributed by atoms with Crippen LogP contribution in [-0.2, 0) is 6.54 Å². The Morgan fingerprint density at radius 3 is 2.60 bits per heavy atom. The second kappa shape index (κ2) is 7.92. The van der Waals surface area contributed by atoms with E-state index in [1.807, 2.05) is 42.5 Å². The van der Waals surface area contributed by atoms with Gasteiger partial charge in [0.25, 0.3) is 5.91 Å². The van der Waals surface area contributed by atoms with Crippen LogP contribution in [-0.4, -0.2) is 23.0 Å². The van der Waals surface area contributed by atoms with E-state index in [2.05, 4.69) is 20.6 Å². The number of carbonyl (C=O) groups is 1. The first-order chi connectivity index (χ1) is 12.3. The molecule has 0 bridgehead atoms. The number of rotatable bonds is 6. The number of nitrogens with zero attached hydrogens (tertiary/aromatic N) is 2. The highest BCUT2D eigenvalue weighted by Gasteiger charge is 2.11. The molecule has 1 aromatic heterocycles. The second-order valence-corrected chi connectivity index (χ2v) is 5.28. The molecule has 3 aromatic rings. The van der Waals surface area contributed by atoms with Crippen LogP contribution >= 0.6 is 0 Å². The van der Waals surface area contributed by atoms with E-state index in [4.69, 9.17) is 4.74 Å². The van der Waals surface area contributed by atoms with Crippen LogP contribution < -0.4 is 15.4 Å². The van der Waals surface area contributed by atoms with Crippen LogP contribution in [0.15, 0.2) is 67.0 Å². The van der Waals surface area contributed by atoms with Crippen LogP contribution in [0.4, 0.5) is 11.5 Å². The predicted octanol–water partition coefficient (Wildman–Crippen LogP) is 3.35. The van der Waals surface area contributed by atoms with Gasteiger partial charge in [0.05, 0.1) is 12.8 Å². The van der Waals surface area contributed by atoms with E-state index in [1.165, 1.54) is 6.33 Å². The maximum atomic E-state index is 12.4. The van der Waals surface area contributed by atoms with Crippen LogP contribution in [0.25, 0.3) is 0 Å². The summed E-state index contributed by atoms with van der Waals surface area (Å²) >= 11 is 0. The van der Waals surface area contributed by atoms with Gasteiger partial charge in [-0.3, -0.25) is 4.79 Å². The Bertz CT molecular complexity index is 853. The van der Waals surface area contributed by atoms with Gasteiger partial charge < -0.3 is 15.4 Å². The number of carbonyl (C=O) groups excluding carboxylic acids is 1. The maximum absolute atomic E-state index is 12.4. The Balaban J connectivity index is 1.69. The fourth-order valence-electron chi connectivity index (χ4n) is 2.30. The zero-order valence-corrected chi connectivity index (χ0v) is 13.8. The maximum Gasteiger partial charge on any atom is 0.274 e. The first-order valence-electron chi connectivity index (χ1n) is 7.80. The molecule has 0 radical (unpaired) electrons. The monoisotopic (exact) mass is 334 g/mol. The molecule has 3 rings (SSSR count). The number of amides is 1. The molecule has 0 aliphatic heterocycles. The SMILES string of the molecule is COc1ccccc1NC(=O)c1cc(NCc2ccccc2)ncn1. The fraction of sp³-hybridized carbons (Fsp3) is 0.105. The van der Waals surface area contributed by atoms with Gasteiger partial charge >= 0.3 is 0 Å². The van der Waals surface area contributed by atoms with Gasteiger partial charge in [-0.15, -0.1) is 0 Å². The first kappa shape index (κ1) is 16.4. The Labute approximate surface area is 145 Å². The van der Waals surface area contributed by atoms with Crippen LogP contribution in [0.2, 0.25) is 0 Å². The number of anilines is 2. The van der Waals surface area contributed by atoms with Gasteiger partial charge in [0.15, 0.2) is 0 Å². The van der Waals surface area contributed by atoms with Crippen LogP contribution in [0.3, 0.4) is 0 Å². The van der Waals surface area contributed by atoms with Crippen molar-refractivity contribution in [2.45, 2.75) is 6.54 Å². The highest BCUT2D eigenvalue weighted by atomic mass is 16.5. The first-order valence-corrected chi connectivity index (χ1v) is 7.80. The van der Waals surface area contributed by atoms with Crippen molar-refractivity contribution in [2.24, 2.45) is 0 Å². The number of benzene rings is 2. The molecule has 0 spiro atoms. The summed E-state index contributed by atoms with van der Waals surface area (Å²) in [6, 6.07) is 18.8. The third-order valence-electron chi connectivity index (χ3n) is 3.57. The average molecular weight is 334 g/mol. The number of hydrogen-bond donors (Lipinski definition) is 2. The van der Waals surface area contributed by atoms with E-state index in [-0.39, 0.29) is 11.6 Å². The summed E-state index contributed by atoms with van der Waals surface area (Å²) in [5, 5.41) is 5.98. The van der Waals surface area contributed by atoms with Crippen molar-refractivity contribution < 1.29 is 9.53 Å². The molecular formula is C19H18N4O2. The van der Waals surface area contributed by atoms with E-state index < -0.39 is 0 Å². The van der Waals surface area contributed by atoms with E-state index in [0.717, 1.165) is 5.56 Å². The van der Waals surface area contributed by atoms with Crippen molar-refractivity contribution >= 4 is 17.4 Å². The standard InChI is InChI=1S/C19H18N4O2/c1-25-17-10-6-5-9-15(17)23-19(24)16-11-18(22-13-21-16)20-12-14-7-3-2-4-8-14/h2-11,13H,12H2,1H3,(H,23,24)(H,20,21,22). The van der Waals surface area contributed by atoms with Crippen LogP contribution in [0, 0.1) is 0 Å². The van der Waals surface area contributed by atoms with Crippen molar-refractivity contribution in [1.82, 2.24) is 9.97 Å². The van der Waals surface area contributed by atoms with Gasteiger partial charge in [0.2, 0.25) is 0 Å². The number of nitrogens with one attached hydrogen (secondary N) is 2. The molecule has 1 amide bonds. The lowest BCUT2D eigenvalue weighted by Gasteiger charge is -2.10. The number of aromatic nitrogens is 2. The summed E-state index contributed by atoms with van der Waals surface area (Å²) < 4.78 is 5.23. The summed E-state index contributed by atoms with van der Waals surface area (Å²) in [5.41, 5.74) is 1.99. The van der Waals surface area contributed by atoms with Crippen molar-refractivity contribution in [3.63, 3.8) is 0 Å². The van der Waals surface area contributed by atoms with E-state index in [0.29, 0.717) is 23.8 Å². The molecule has 6 nitrogen and oxygen atoms in total. The van der Waals surface area contributed by atoms with Gasteiger partial charge in [0, 0.05) is 12.6 Å². The molecule has 0 saturated carbocycles. The lowest BCUT2D eigenvalue weighted by atomic mass is 10.2. The minimum Gasteiger partial charge on any atom is -0.495 e. The number of ether oxygens (including phenoxy) is 1. The zero-order valence-electron chi connectivity index (χ0n) is 13.8. The van der Waals surface area contributed by atoms with E-state index in [9.17, 15) is 4.79 Å². The number of methoxy groups -OCH3 is 1. The average Bonchev–Trinajstić information content (AvgIpc) is 2.68. The minimum absolute atomic E-state index is 0.275. The van der Waals surface area contributed by atoms with Crippen molar-refractivity contribution in [1.29, 1.82) is 0 Å². The Morgan fingerprint density at radius 2 is 1.80 bits per heavy atom. The predicted molar refractivity (Wildman–Crippen MR) is 96.7 cm³/mol. The van der Waals surface area contributed by atoms with Crippen LogP contribution in [0.5, 0.6) is 5.75 Å². The lowest BCUT2D eigenvalue weighted by Crippen LogP contribution is -2.15. The molecule has 2 N–H and O–H groups in total. The summed E-state index contributed by atoms with van der Waals surface area (Å²) in [4.78, 5) is 20.6. The normalized spacial score (nSPS) is 10.1. The van der Waals surface area contributed by atoms with Gasteiger partial charge in [-0.25, -0.2) is 9.97 Å². The molecule has 126 valence electrons. The molecule has 1 heterocycles. The highest BCUT2D eigenvalue weighted by Crippen LogP contribution is 2.23. The summed E-state index contributed by atoms with van der Waals surface area (Å²) in [6.45, 7) is 0.616. The smallest absolute Gasteiger partial charge is 0.274 e. The van der Waals surface area contributed by atoms with Crippen molar-refractivity contribution in [2.75, 3.05) is 17.7 Å². The van der Waals surface area contributed by atoms with Crippen molar-refractivity contribution in [3.05, 3.63) is 78.2 Å². The van der Waals surface area contributed by atoms with Gasteiger partial charge in [-0.2, -0.15) is 0 Å². The number of hydrogen-bond acceptors (Lipinski definition) is 5. The molecule has 0 atom stereocenters. The highest BCUT2D eigenvalue weighted by molar-refractivity contribution is 6.04. The fourth-order valence-corrected chi connectivity index (χ4v) is 2.30. The lowest BCUT2D eigenvalue weighted by molar-refractivity contribution is 0.102. The van der Waals surface area contributed by atoms with Gasteiger partial charge in [0.1, 0.15) is 23.6 Å². The van der Waals surface area contributed by atoms with E-state index in [1.54, 1.807) is 25.3 Å². The Kier molecular flexibility index (Phi) is 5.21. The molecule has 0 aliphatic rings. The quantitative estimate of drug-likeness (QED) is 0.723. The molecule has 0 saturated heterocycles. The summed E-state index contributed by atoms with van der Waals surface area (Å²) in [7, 11) is 1.56. The van der Waals surface area contributed by atoms with Crippen LogP contribution in [0.1, 0.15) is 16.1 Å². The van der Waals surface area contributed by atoms with E-state index >= 15 is 0 Å². The third-order valence-corrected chi connectivity index (χ3v) is 3.57. The van der Waals surface area contributed by atoms with Gasteiger partial charge in [-0.05, 0) is 17.7 Å². The second-order valence-electron chi connectivity index (χ2n) is 5.28. The molecular weight excluding hydrogens is 316 g/mol. The Morgan fingerprint density at radius 1 is 1.04 bits per heavy atom.